The molecule has 0 aliphatic carbocycles. The maximum Gasteiger partial charge on any atom is 0.272 e. The van der Waals surface area contributed by atoms with E-state index in [1.807, 2.05) is 13.0 Å². The average molecular weight is 408 g/mol. The number of aryl methyl sites for hydroxylation is 1. The van der Waals surface area contributed by atoms with E-state index in [2.05, 4.69) is 52.3 Å². The zero-order chi connectivity index (χ0) is 21.1. The van der Waals surface area contributed by atoms with Gasteiger partial charge in [-0.15, -0.1) is 0 Å². The first-order chi connectivity index (χ1) is 14.4. The quantitative estimate of drug-likeness (QED) is 0.480. The standard InChI is InChI=1S/C25H26F2N2O/c1-18-14-19(16-29-13-12-21(17-29)20-6-4-3-5-7-20)8-10-23(18)30-24-11-9-22(15-28-24)25(2,26)27/h3-11,14-15,21H,12-13,16-17H2,1-2H3. The van der Waals surface area contributed by atoms with Gasteiger partial charge in [0, 0.05) is 37.8 Å². The van der Waals surface area contributed by atoms with E-state index in [1.165, 1.54) is 29.7 Å². The van der Waals surface area contributed by atoms with Crippen LogP contribution in [0.1, 0.15) is 41.5 Å². The third-order valence-corrected chi connectivity index (χ3v) is 5.65. The zero-order valence-corrected chi connectivity index (χ0v) is 17.3. The van der Waals surface area contributed by atoms with Crippen molar-refractivity contribution in [2.45, 2.75) is 38.7 Å². The summed E-state index contributed by atoms with van der Waals surface area (Å²) >= 11 is 0. The van der Waals surface area contributed by atoms with E-state index in [9.17, 15) is 8.78 Å². The van der Waals surface area contributed by atoms with E-state index in [1.54, 1.807) is 0 Å². The lowest BCUT2D eigenvalue weighted by Crippen LogP contribution is -2.19. The summed E-state index contributed by atoms with van der Waals surface area (Å²) < 4.78 is 32.5. The first-order valence-electron chi connectivity index (χ1n) is 10.3. The van der Waals surface area contributed by atoms with Crippen molar-refractivity contribution in [2.75, 3.05) is 13.1 Å². The minimum atomic E-state index is -2.90. The molecule has 1 aliphatic heterocycles. The summed E-state index contributed by atoms with van der Waals surface area (Å²) in [5.41, 5.74) is 3.53. The third kappa shape index (κ3) is 4.85. The van der Waals surface area contributed by atoms with E-state index < -0.39 is 5.92 Å². The second-order valence-electron chi connectivity index (χ2n) is 8.11. The number of alkyl halides is 2. The van der Waals surface area contributed by atoms with Crippen molar-refractivity contribution in [1.29, 1.82) is 0 Å². The van der Waals surface area contributed by atoms with Crippen LogP contribution in [0.5, 0.6) is 11.6 Å². The Labute approximate surface area is 176 Å². The second kappa shape index (κ2) is 8.52. The Balaban J connectivity index is 1.38. The summed E-state index contributed by atoms with van der Waals surface area (Å²) in [5, 5.41) is 0. The summed E-state index contributed by atoms with van der Waals surface area (Å²) in [6.45, 7) is 5.91. The molecule has 0 spiro atoms. The smallest absolute Gasteiger partial charge is 0.272 e. The van der Waals surface area contributed by atoms with E-state index in [0.29, 0.717) is 17.5 Å². The molecule has 0 saturated carbocycles. The van der Waals surface area contributed by atoms with Gasteiger partial charge in [0.15, 0.2) is 0 Å². The van der Waals surface area contributed by atoms with Crippen molar-refractivity contribution in [1.82, 2.24) is 9.88 Å². The molecule has 3 aromatic rings. The number of nitrogens with zero attached hydrogens (tertiary/aromatic N) is 2. The van der Waals surface area contributed by atoms with Gasteiger partial charge in [-0.25, -0.2) is 13.8 Å². The van der Waals surface area contributed by atoms with Crippen LogP contribution in [0, 0.1) is 6.92 Å². The number of rotatable bonds is 6. The van der Waals surface area contributed by atoms with E-state index in [0.717, 1.165) is 38.3 Å². The molecule has 1 fully saturated rings. The lowest BCUT2D eigenvalue weighted by Gasteiger charge is -2.17. The summed E-state index contributed by atoms with van der Waals surface area (Å²) in [7, 11) is 0. The summed E-state index contributed by atoms with van der Waals surface area (Å²) in [6.07, 6.45) is 2.35. The fraction of sp³-hybridized carbons (Fsp3) is 0.320. The molecule has 1 unspecified atom stereocenters. The van der Waals surface area contributed by atoms with Crippen LogP contribution in [0.15, 0.2) is 66.9 Å². The van der Waals surface area contributed by atoms with Crippen LogP contribution in [0.2, 0.25) is 0 Å². The number of aromatic nitrogens is 1. The van der Waals surface area contributed by atoms with Gasteiger partial charge < -0.3 is 4.74 Å². The molecule has 30 heavy (non-hydrogen) atoms. The Morgan fingerprint density at radius 1 is 1.10 bits per heavy atom. The molecule has 156 valence electrons. The molecule has 4 rings (SSSR count). The molecule has 1 saturated heterocycles. The molecule has 2 aromatic carbocycles. The second-order valence-corrected chi connectivity index (χ2v) is 8.11. The lowest BCUT2D eigenvalue weighted by atomic mass is 9.99. The summed E-state index contributed by atoms with van der Waals surface area (Å²) in [5.74, 6) is -1.31. The van der Waals surface area contributed by atoms with E-state index in [4.69, 9.17) is 4.74 Å². The van der Waals surface area contributed by atoms with Crippen LogP contribution in [-0.4, -0.2) is 23.0 Å². The van der Waals surface area contributed by atoms with Gasteiger partial charge in [0.25, 0.3) is 5.92 Å². The van der Waals surface area contributed by atoms with E-state index >= 15 is 0 Å². The van der Waals surface area contributed by atoms with Crippen molar-refractivity contribution >= 4 is 0 Å². The highest BCUT2D eigenvalue weighted by Gasteiger charge is 2.25. The van der Waals surface area contributed by atoms with Crippen LogP contribution in [0.3, 0.4) is 0 Å². The highest BCUT2D eigenvalue weighted by Crippen LogP contribution is 2.31. The molecular formula is C25H26F2N2O. The molecule has 0 N–H and O–H groups in total. The van der Waals surface area contributed by atoms with Crippen LogP contribution < -0.4 is 4.74 Å². The minimum absolute atomic E-state index is 0.124. The maximum absolute atomic E-state index is 13.3. The number of pyridine rings is 1. The molecule has 3 nitrogen and oxygen atoms in total. The van der Waals surface area contributed by atoms with E-state index in [-0.39, 0.29) is 5.56 Å². The summed E-state index contributed by atoms with van der Waals surface area (Å²) in [4.78, 5) is 6.50. The third-order valence-electron chi connectivity index (χ3n) is 5.65. The topological polar surface area (TPSA) is 25.4 Å². The highest BCUT2D eigenvalue weighted by molar-refractivity contribution is 5.39. The van der Waals surface area contributed by atoms with Crippen molar-refractivity contribution < 1.29 is 13.5 Å². The predicted molar refractivity (Wildman–Crippen MR) is 114 cm³/mol. The van der Waals surface area contributed by atoms with Gasteiger partial charge in [-0.1, -0.05) is 42.5 Å². The zero-order valence-electron chi connectivity index (χ0n) is 17.3. The van der Waals surface area contributed by atoms with Crippen molar-refractivity contribution in [3.05, 3.63) is 89.1 Å². The molecule has 5 heteroatoms. The van der Waals surface area contributed by atoms with Gasteiger partial charge in [-0.2, -0.15) is 0 Å². The van der Waals surface area contributed by atoms with Gasteiger partial charge in [-0.05, 0) is 54.6 Å². The number of ether oxygens (including phenoxy) is 1. The number of likely N-dealkylation sites (tertiary alicyclic amines) is 1. The first kappa shape index (κ1) is 20.5. The normalized spacial score (nSPS) is 17.3. The summed E-state index contributed by atoms with van der Waals surface area (Å²) in [6, 6.07) is 19.7. The van der Waals surface area contributed by atoms with Gasteiger partial charge in [-0.3, -0.25) is 4.90 Å². The molecule has 0 radical (unpaired) electrons. The maximum atomic E-state index is 13.3. The Hall–Kier alpha value is -2.79. The van der Waals surface area contributed by atoms with Crippen molar-refractivity contribution in [2.24, 2.45) is 0 Å². The monoisotopic (exact) mass is 408 g/mol. The number of halogens is 2. The fourth-order valence-electron chi connectivity index (χ4n) is 3.97. The van der Waals surface area contributed by atoms with Gasteiger partial charge >= 0.3 is 0 Å². The molecule has 0 bridgehead atoms. The predicted octanol–water partition coefficient (Wildman–Crippen LogP) is 6.28. The number of hydrogen-bond donors (Lipinski definition) is 0. The molecule has 1 aliphatic rings. The lowest BCUT2D eigenvalue weighted by molar-refractivity contribution is 0.0170. The Morgan fingerprint density at radius 2 is 1.90 bits per heavy atom. The number of hydrogen-bond acceptors (Lipinski definition) is 3. The van der Waals surface area contributed by atoms with Crippen LogP contribution in [-0.2, 0) is 12.5 Å². The van der Waals surface area contributed by atoms with Crippen molar-refractivity contribution in [3.8, 4) is 11.6 Å². The highest BCUT2D eigenvalue weighted by atomic mass is 19.3. The Bertz CT molecular complexity index is 984. The minimum Gasteiger partial charge on any atom is -0.439 e. The SMILES string of the molecule is Cc1cc(CN2CCC(c3ccccc3)C2)ccc1Oc1ccc(C(C)(F)F)cn1. The van der Waals surface area contributed by atoms with Crippen molar-refractivity contribution in [3.63, 3.8) is 0 Å². The Morgan fingerprint density at radius 3 is 2.57 bits per heavy atom. The molecule has 2 heterocycles. The van der Waals surface area contributed by atoms with Crippen LogP contribution in [0.4, 0.5) is 8.78 Å². The van der Waals surface area contributed by atoms with Crippen LogP contribution in [0.25, 0.3) is 0 Å². The first-order valence-corrected chi connectivity index (χ1v) is 10.3. The average Bonchev–Trinajstić information content (AvgIpc) is 3.19. The van der Waals surface area contributed by atoms with Gasteiger partial charge in [0.05, 0.1) is 0 Å². The van der Waals surface area contributed by atoms with Crippen LogP contribution >= 0.6 is 0 Å². The van der Waals surface area contributed by atoms with Gasteiger partial charge in [0.1, 0.15) is 5.75 Å². The molecular weight excluding hydrogens is 382 g/mol. The van der Waals surface area contributed by atoms with Gasteiger partial charge in [0.2, 0.25) is 5.88 Å². The fourth-order valence-corrected chi connectivity index (χ4v) is 3.97. The Kier molecular flexibility index (Phi) is 5.82. The number of benzene rings is 2. The molecule has 1 atom stereocenters. The largest absolute Gasteiger partial charge is 0.439 e. The molecule has 0 amide bonds. The molecule has 1 aromatic heterocycles.